The number of hydrogen-bond donors (Lipinski definition) is 0. The zero-order chi connectivity index (χ0) is 8.27. The fourth-order valence-corrected chi connectivity index (χ4v) is 1.36. The van der Waals surface area contributed by atoms with Gasteiger partial charge in [-0.3, -0.25) is 4.90 Å². The normalized spacial score (nSPS) is 33.6. The van der Waals surface area contributed by atoms with Gasteiger partial charge in [-0.05, 0) is 13.5 Å². The van der Waals surface area contributed by atoms with Crippen molar-refractivity contribution in [2.24, 2.45) is 0 Å². The number of carbonyl (C=O) groups is 1. The minimum atomic E-state index is -0.203. The van der Waals surface area contributed by atoms with E-state index in [1.165, 1.54) is 0 Å². The Hall–Kier alpha value is -0.410. The molecule has 3 nitrogen and oxygen atoms in total. The van der Waals surface area contributed by atoms with E-state index in [1.54, 1.807) is 0 Å². The van der Waals surface area contributed by atoms with E-state index >= 15 is 0 Å². The van der Waals surface area contributed by atoms with Crippen LogP contribution in [0.1, 0.15) is 13.8 Å². The number of likely N-dealkylation sites (N-methyl/N-ethyl adjacent to an activating group) is 1. The molecule has 0 bridgehead atoms. The molecule has 0 N–H and O–H groups in total. The molecule has 0 aromatic rings. The van der Waals surface area contributed by atoms with Gasteiger partial charge in [-0.15, -0.1) is 0 Å². The molecule has 1 heterocycles. The molecule has 0 aromatic carbocycles. The van der Waals surface area contributed by atoms with Crippen LogP contribution in [0.2, 0.25) is 0 Å². The van der Waals surface area contributed by atoms with Crippen LogP contribution in [-0.2, 0) is 9.53 Å². The number of morpholine rings is 1. The lowest BCUT2D eigenvalue weighted by Gasteiger charge is -2.35. The van der Waals surface area contributed by atoms with Gasteiger partial charge in [-0.25, -0.2) is 0 Å². The van der Waals surface area contributed by atoms with Crippen LogP contribution in [0.5, 0.6) is 0 Å². The van der Waals surface area contributed by atoms with Gasteiger partial charge in [0.25, 0.3) is 0 Å². The Bertz CT molecular complexity index is 138. The molecule has 1 unspecified atom stereocenters. The first-order valence-corrected chi connectivity index (χ1v) is 4.09. The predicted molar refractivity (Wildman–Crippen MR) is 42.5 cm³/mol. The Morgan fingerprint density at radius 2 is 2.45 bits per heavy atom. The van der Waals surface area contributed by atoms with Crippen molar-refractivity contribution >= 4 is 6.29 Å². The van der Waals surface area contributed by atoms with Crippen molar-refractivity contribution < 1.29 is 9.53 Å². The summed E-state index contributed by atoms with van der Waals surface area (Å²) >= 11 is 0. The Morgan fingerprint density at radius 3 is 3.00 bits per heavy atom. The van der Waals surface area contributed by atoms with E-state index in [9.17, 15) is 4.79 Å². The van der Waals surface area contributed by atoms with Crippen LogP contribution in [-0.4, -0.2) is 43.0 Å². The monoisotopic (exact) mass is 157 g/mol. The number of carbonyl (C=O) groups excluding carboxylic acids is 1. The fourth-order valence-electron chi connectivity index (χ4n) is 1.36. The molecule has 1 saturated heterocycles. The van der Waals surface area contributed by atoms with Crippen molar-refractivity contribution in [3.8, 4) is 0 Å². The zero-order valence-electron chi connectivity index (χ0n) is 7.12. The third-order valence-corrected chi connectivity index (χ3v) is 2.15. The standard InChI is InChI=1S/C8H15NO2/c1-3-9-4-8(5-10)11-6-7(9)2/h5,7-8H,3-4,6H2,1-2H3/t7-,8?/m0/s1. The third-order valence-electron chi connectivity index (χ3n) is 2.15. The van der Waals surface area contributed by atoms with Gasteiger partial charge in [0.15, 0.2) is 0 Å². The number of aldehydes is 1. The molecule has 1 aliphatic rings. The maximum absolute atomic E-state index is 10.4. The highest BCUT2D eigenvalue weighted by Gasteiger charge is 2.23. The third kappa shape index (κ3) is 2.01. The topological polar surface area (TPSA) is 29.5 Å². The second kappa shape index (κ2) is 3.83. The van der Waals surface area contributed by atoms with E-state index < -0.39 is 0 Å². The predicted octanol–water partition coefficient (Wildman–Crippen LogP) is 0.294. The van der Waals surface area contributed by atoms with Crippen LogP contribution in [0.3, 0.4) is 0 Å². The molecule has 2 atom stereocenters. The highest BCUT2D eigenvalue weighted by Crippen LogP contribution is 2.08. The molecule has 0 spiro atoms. The molecule has 64 valence electrons. The molecule has 1 fully saturated rings. The largest absolute Gasteiger partial charge is 0.368 e. The lowest BCUT2D eigenvalue weighted by Crippen LogP contribution is -2.48. The van der Waals surface area contributed by atoms with Gasteiger partial charge in [0.1, 0.15) is 12.4 Å². The average Bonchev–Trinajstić information content (AvgIpc) is 2.05. The van der Waals surface area contributed by atoms with Gasteiger partial charge in [-0.1, -0.05) is 6.92 Å². The molecule has 3 heteroatoms. The van der Waals surface area contributed by atoms with Gasteiger partial charge in [0, 0.05) is 12.6 Å². The highest BCUT2D eigenvalue weighted by molar-refractivity contribution is 5.56. The highest BCUT2D eigenvalue weighted by atomic mass is 16.5. The van der Waals surface area contributed by atoms with E-state index in [0.29, 0.717) is 12.6 Å². The number of nitrogens with zero attached hydrogens (tertiary/aromatic N) is 1. The van der Waals surface area contributed by atoms with Crippen molar-refractivity contribution in [2.75, 3.05) is 19.7 Å². The maximum atomic E-state index is 10.4. The molecule has 0 amide bonds. The van der Waals surface area contributed by atoms with Gasteiger partial charge in [0.2, 0.25) is 0 Å². The zero-order valence-corrected chi connectivity index (χ0v) is 7.12. The van der Waals surface area contributed by atoms with Gasteiger partial charge >= 0.3 is 0 Å². The van der Waals surface area contributed by atoms with Crippen molar-refractivity contribution in [2.45, 2.75) is 26.0 Å². The first-order chi connectivity index (χ1) is 5.27. The lowest BCUT2D eigenvalue weighted by atomic mass is 10.2. The molecule has 0 radical (unpaired) electrons. The Labute approximate surface area is 67.3 Å². The van der Waals surface area contributed by atoms with Crippen molar-refractivity contribution in [3.05, 3.63) is 0 Å². The van der Waals surface area contributed by atoms with E-state index in [1.807, 2.05) is 0 Å². The SMILES string of the molecule is CCN1CC(C=O)OC[C@@H]1C. The van der Waals surface area contributed by atoms with Crippen LogP contribution in [0.4, 0.5) is 0 Å². The maximum Gasteiger partial charge on any atom is 0.150 e. The molecule has 11 heavy (non-hydrogen) atoms. The van der Waals surface area contributed by atoms with Gasteiger partial charge in [-0.2, -0.15) is 0 Å². The second-order valence-electron chi connectivity index (χ2n) is 2.94. The summed E-state index contributed by atoms with van der Waals surface area (Å²) < 4.78 is 5.26. The number of hydrogen-bond acceptors (Lipinski definition) is 3. The first kappa shape index (κ1) is 8.68. The van der Waals surface area contributed by atoms with Gasteiger partial charge < -0.3 is 9.53 Å². The van der Waals surface area contributed by atoms with Gasteiger partial charge in [0.05, 0.1) is 6.61 Å². The van der Waals surface area contributed by atoms with E-state index in [0.717, 1.165) is 19.4 Å². The molecule has 0 aromatic heterocycles. The van der Waals surface area contributed by atoms with Crippen molar-refractivity contribution in [1.29, 1.82) is 0 Å². The summed E-state index contributed by atoms with van der Waals surface area (Å²) in [4.78, 5) is 12.6. The average molecular weight is 157 g/mol. The van der Waals surface area contributed by atoms with E-state index in [2.05, 4.69) is 18.7 Å². The summed E-state index contributed by atoms with van der Waals surface area (Å²) in [7, 11) is 0. The Kier molecular flexibility index (Phi) is 3.02. The van der Waals surface area contributed by atoms with E-state index in [-0.39, 0.29) is 6.10 Å². The molecule has 1 aliphatic heterocycles. The van der Waals surface area contributed by atoms with Crippen molar-refractivity contribution in [3.63, 3.8) is 0 Å². The van der Waals surface area contributed by atoms with Crippen LogP contribution < -0.4 is 0 Å². The van der Waals surface area contributed by atoms with E-state index in [4.69, 9.17) is 4.74 Å². The van der Waals surface area contributed by atoms with Crippen LogP contribution >= 0.6 is 0 Å². The minimum absolute atomic E-state index is 0.203. The Morgan fingerprint density at radius 1 is 1.73 bits per heavy atom. The molecular formula is C8H15NO2. The summed E-state index contributed by atoms with van der Waals surface area (Å²) in [6.45, 7) is 6.64. The van der Waals surface area contributed by atoms with Crippen LogP contribution in [0.15, 0.2) is 0 Å². The van der Waals surface area contributed by atoms with Crippen molar-refractivity contribution in [1.82, 2.24) is 4.90 Å². The number of ether oxygens (including phenoxy) is 1. The molecule has 1 rings (SSSR count). The molecule has 0 saturated carbocycles. The smallest absolute Gasteiger partial charge is 0.150 e. The minimum Gasteiger partial charge on any atom is -0.368 e. The lowest BCUT2D eigenvalue weighted by molar-refractivity contribution is -0.126. The summed E-state index contributed by atoms with van der Waals surface area (Å²) in [5.41, 5.74) is 0. The quantitative estimate of drug-likeness (QED) is 0.540. The fraction of sp³-hybridized carbons (Fsp3) is 0.875. The van der Waals surface area contributed by atoms with Crippen LogP contribution in [0, 0.1) is 0 Å². The Balaban J connectivity index is 2.43. The summed E-state index contributed by atoms with van der Waals surface area (Å²) in [6.07, 6.45) is 0.681. The summed E-state index contributed by atoms with van der Waals surface area (Å²) in [5.74, 6) is 0. The number of rotatable bonds is 2. The first-order valence-electron chi connectivity index (χ1n) is 4.09. The second-order valence-corrected chi connectivity index (χ2v) is 2.94. The molecular weight excluding hydrogens is 142 g/mol. The summed E-state index contributed by atoms with van der Waals surface area (Å²) in [5, 5.41) is 0. The summed E-state index contributed by atoms with van der Waals surface area (Å²) in [6, 6.07) is 0.455. The molecule has 0 aliphatic carbocycles. The van der Waals surface area contributed by atoms with Crippen LogP contribution in [0.25, 0.3) is 0 Å².